The fraction of sp³-hybridized carbons (Fsp3) is 0.333. The molecule has 0 atom stereocenters. The third kappa shape index (κ3) is 3.36. The Morgan fingerprint density at radius 1 is 1.29 bits per heavy atom. The van der Waals surface area contributed by atoms with E-state index in [0.717, 1.165) is 19.3 Å². The molecule has 0 saturated carbocycles. The maximum Gasteiger partial charge on any atom is 0.331 e. The Morgan fingerprint density at radius 3 is 2.71 bits per heavy atom. The Bertz CT molecular complexity index is 749. The third-order valence-electron chi connectivity index (χ3n) is 3.27. The molecule has 2 rings (SSSR count). The van der Waals surface area contributed by atoms with Crippen LogP contribution < -0.4 is 11.2 Å². The molecule has 1 aromatic heterocycles. The van der Waals surface area contributed by atoms with Crippen LogP contribution >= 0.6 is 11.6 Å². The molecule has 0 bridgehead atoms. The second kappa shape index (κ2) is 6.63. The van der Waals surface area contributed by atoms with Crippen LogP contribution in [0.3, 0.4) is 0 Å². The molecule has 5 nitrogen and oxygen atoms in total. The van der Waals surface area contributed by atoms with Crippen LogP contribution in [0.2, 0.25) is 5.02 Å². The van der Waals surface area contributed by atoms with Gasteiger partial charge in [-0.25, -0.2) is 4.79 Å². The Kier molecular flexibility index (Phi) is 4.85. The zero-order valence-corrected chi connectivity index (χ0v) is 12.5. The van der Waals surface area contributed by atoms with Crippen LogP contribution in [-0.2, 0) is 6.54 Å². The second-order valence-corrected chi connectivity index (χ2v) is 5.26. The summed E-state index contributed by atoms with van der Waals surface area (Å²) in [6.07, 6.45) is 2.70. The van der Waals surface area contributed by atoms with Crippen molar-refractivity contribution in [1.82, 2.24) is 9.55 Å². The number of benzene rings is 1. The molecule has 6 heteroatoms. The first-order valence-electron chi connectivity index (χ1n) is 6.86. The van der Waals surface area contributed by atoms with E-state index in [1.807, 2.05) is 6.92 Å². The lowest BCUT2D eigenvalue weighted by Crippen LogP contribution is -2.31. The molecule has 0 aliphatic rings. The second-order valence-electron chi connectivity index (χ2n) is 4.83. The van der Waals surface area contributed by atoms with E-state index in [4.69, 9.17) is 11.6 Å². The molecule has 2 aromatic rings. The summed E-state index contributed by atoms with van der Waals surface area (Å²) in [4.78, 5) is 26.1. The van der Waals surface area contributed by atoms with Crippen molar-refractivity contribution in [3.63, 3.8) is 0 Å². The first-order chi connectivity index (χ1) is 10.0. The summed E-state index contributed by atoms with van der Waals surface area (Å²) >= 11 is 5.91. The predicted octanol–water partition coefficient (Wildman–Crippen LogP) is 2.75. The Morgan fingerprint density at radius 2 is 2.05 bits per heavy atom. The molecule has 0 aliphatic carbocycles. The van der Waals surface area contributed by atoms with Crippen LogP contribution in [0.15, 0.2) is 33.9 Å². The number of hydrogen-bond acceptors (Lipinski definition) is 3. The standard InChI is InChI=1S/C15H17ClN2O3/c1-2-3-4-8-18-14(20)12(13(19)17-15(18)21)10-6-5-7-11(16)9-10/h5-7,9,20H,2-4,8H2,1H3,(H,17,19,21). The van der Waals surface area contributed by atoms with Crippen LogP contribution in [0.4, 0.5) is 0 Å². The van der Waals surface area contributed by atoms with Gasteiger partial charge in [-0.15, -0.1) is 0 Å². The normalized spacial score (nSPS) is 10.8. The van der Waals surface area contributed by atoms with Crippen molar-refractivity contribution in [2.75, 3.05) is 0 Å². The van der Waals surface area contributed by atoms with Gasteiger partial charge in [-0.3, -0.25) is 14.3 Å². The molecule has 0 aliphatic heterocycles. The molecule has 1 aromatic carbocycles. The summed E-state index contributed by atoms with van der Waals surface area (Å²) in [5, 5.41) is 10.7. The van der Waals surface area contributed by atoms with Gasteiger partial charge in [0.1, 0.15) is 5.56 Å². The highest BCUT2D eigenvalue weighted by Crippen LogP contribution is 2.26. The number of H-pyrrole nitrogens is 1. The fourth-order valence-corrected chi connectivity index (χ4v) is 2.38. The summed E-state index contributed by atoms with van der Waals surface area (Å²) < 4.78 is 1.19. The maximum absolute atomic E-state index is 12.0. The third-order valence-corrected chi connectivity index (χ3v) is 3.51. The molecule has 0 unspecified atom stereocenters. The van der Waals surface area contributed by atoms with Crippen LogP contribution in [0.5, 0.6) is 5.88 Å². The number of aromatic amines is 1. The van der Waals surface area contributed by atoms with Crippen molar-refractivity contribution in [2.24, 2.45) is 0 Å². The number of nitrogens with one attached hydrogen (secondary N) is 1. The van der Waals surface area contributed by atoms with Gasteiger partial charge >= 0.3 is 5.69 Å². The summed E-state index contributed by atoms with van der Waals surface area (Å²) in [5.74, 6) is -0.317. The van der Waals surface area contributed by atoms with E-state index >= 15 is 0 Å². The van der Waals surface area contributed by atoms with E-state index < -0.39 is 11.2 Å². The van der Waals surface area contributed by atoms with E-state index in [1.165, 1.54) is 4.57 Å². The topological polar surface area (TPSA) is 75.1 Å². The highest BCUT2D eigenvalue weighted by Gasteiger charge is 2.15. The number of aromatic nitrogens is 2. The summed E-state index contributed by atoms with van der Waals surface area (Å²) in [5.41, 5.74) is -0.676. The lowest BCUT2D eigenvalue weighted by Gasteiger charge is -2.11. The molecule has 0 amide bonds. The van der Waals surface area contributed by atoms with Gasteiger partial charge in [-0.1, -0.05) is 43.5 Å². The number of nitrogens with zero attached hydrogens (tertiary/aromatic N) is 1. The average molecular weight is 309 g/mol. The van der Waals surface area contributed by atoms with Gasteiger partial charge in [0, 0.05) is 11.6 Å². The van der Waals surface area contributed by atoms with Crippen molar-refractivity contribution >= 4 is 11.6 Å². The SMILES string of the molecule is CCCCCn1c(O)c(-c2cccc(Cl)c2)c(=O)[nH]c1=O. The van der Waals surface area contributed by atoms with E-state index in [1.54, 1.807) is 24.3 Å². The van der Waals surface area contributed by atoms with Gasteiger partial charge in [0.2, 0.25) is 5.88 Å². The van der Waals surface area contributed by atoms with Gasteiger partial charge in [0.15, 0.2) is 0 Å². The number of unbranched alkanes of at least 4 members (excludes halogenated alkanes) is 2. The minimum absolute atomic E-state index is 0.0635. The van der Waals surface area contributed by atoms with Crippen LogP contribution in [-0.4, -0.2) is 14.7 Å². The highest BCUT2D eigenvalue weighted by atomic mass is 35.5. The van der Waals surface area contributed by atoms with Gasteiger partial charge in [-0.05, 0) is 24.1 Å². The van der Waals surface area contributed by atoms with Gasteiger partial charge < -0.3 is 5.11 Å². The van der Waals surface area contributed by atoms with Crippen molar-refractivity contribution in [1.29, 1.82) is 0 Å². The van der Waals surface area contributed by atoms with Crippen molar-refractivity contribution < 1.29 is 5.11 Å². The lowest BCUT2D eigenvalue weighted by molar-refractivity contribution is 0.396. The fourth-order valence-electron chi connectivity index (χ4n) is 2.19. The summed E-state index contributed by atoms with van der Waals surface area (Å²) in [6, 6.07) is 6.60. The van der Waals surface area contributed by atoms with Gasteiger partial charge in [0.05, 0.1) is 0 Å². The van der Waals surface area contributed by atoms with Gasteiger partial charge in [-0.2, -0.15) is 0 Å². The number of hydrogen-bond donors (Lipinski definition) is 2. The van der Waals surface area contributed by atoms with Gasteiger partial charge in [0.25, 0.3) is 5.56 Å². The lowest BCUT2D eigenvalue weighted by atomic mass is 10.1. The largest absolute Gasteiger partial charge is 0.494 e. The first-order valence-corrected chi connectivity index (χ1v) is 7.24. The molecule has 0 fully saturated rings. The van der Waals surface area contributed by atoms with Crippen LogP contribution in [0, 0.1) is 0 Å². The smallest absolute Gasteiger partial charge is 0.331 e. The number of rotatable bonds is 5. The molecule has 21 heavy (non-hydrogen) atoms. The Labute approximate surface area is 126 Å². The maximum atomic E-state index is 12.0. The predicted molar refractivity (Wildman–Crippen MR) is 83.0 cm³/mol. The molecule has 0 radical (unpaired) electrons. The molecular formula is C15H17ClN2O3. The van der Waals surface area contributed by atoms with Crippen molar-refractivity contribution in [3.05, 3.63) is 50.1 Å². The van der Waals surface area contributed by atoms with Crippen molar-refractivity contribution in [3.8, 4) is 17.0 Å². The highest BCUT2D eigenvalue weighted by molar-refractivity contribution is 6.30. The van der Waals surface area contributed by atoms with E-state index in [9.17, 15) is 14.7 Å². The van der Waals surface area contributed by atoms with Crippen LogP contribution in [0.25, 0.3) is 11.1 Å². The monoisotopic (exact) mass is 308 g/mol. The Balaban J connectivity index is 2.54. The molecular weight excluding hydrogens is 292 g/mol. The minimum Gasteiger partial charge on any atom is -0.494 e. The number of aromatic hydroxyl groups is 1. The minimum atomic E-state index is -0.619. The Hall–Kier alpha value is -2.01. The first kappa shape index (κ1) is 15.4. The quantitative estimate of drug-likeness (QED) is 0.834. The zero-order chi connectivity index (χ0) is 15.4. The van der Waals surface area contributed by atoms with Crippen LogP contribution in [0.1, 0.15) is 26.2 Å². The zero-order valence-electron chi connectivity index (χ0n) is 11.7. The summed E-state index contributed by atoms with van der Waals surface area (Å²) in [6.45, 7) is 2.41. The van der Waals surface area contributed by atoms with E-state index in [0.29, 0.717) is 17.1 Å². The molecule has 0 saturated heterocycles. The van der Waals surface area contributed by atoms with E-state index in [2.05, 4.69) is 4.98 Å². The molecule has 1 heterocycles. The molecule has 112 valence electrons. The average Bonchev–Trinajstić information content (AvgIpc) is 2.42. The molecule has 0 spiro atoms. The van der Waals surface area contributed by atoms with E-state index in [-0.39, 0.29) is 11.4 Å². The molecule has 2 N–H and O–H groups in total. The summed E-state index contributed by atoms with van der Waals surface area (Å²) in [7, 11) is 0. The number of halogens is 1. The van der Waals surface area contributed by atoms with Crippen molar-refractivity contribution in [2.45, 2.75) is 32.7 Å².